The Morgan fingerprint density at radius 3 is 2.17 bits per heavy atom. The van der Waals surface area contributed by atoms with Crippen LogP contribution in [0, 0.1) is 11.8 Å². The van der Waals surface area contributed by atoms with Crippen LogP contribution in [0.5, 0.6) is 5.75 Å². The molecule has 3 aromatic rings. The lowest BCUT2D eigenvalue weighted by atomic mass is 10.0. The van der Waals surface area contributed by atoms with Gasteiger partial charge in [0.2, 0.25) is 5.91 Å². The lowest BCUT2D eigenvalue weighted by molar-refractivity contribution is -0.137. The quantitative estimate of drug-likeness (QED) is 0.196. The van der Waals surface area contributed by atoms with Gasteiger partial charge < -0.3 is 19.3 Å². The molecule has 0 aliphatic rings. The van der Waals surface area contributed by atoms with Crippen molar-refractivity contribution in [3.05, 3.63) is 71.4 Å². The second-order valence-electron chi connectivity index (χ2n) is 11.1. The summed E-state index contributed by atoms with van der Waals surface area (Å²) in [7, 11) is 1.60. The average Bonchev–Trinajstić information content (AvgIpc) is 3.27. The zero-order valence-electron chi connectivity index (χ0n) is 24.4. The summed E-state index contributed by atoms with van der Waals surface area (Å²) in [6.45, 7) is 10.2. The Labute approximate surface area is 244 Å². The van der Waals surface area contributed by atoms with Gasteiger partial charge >= 0.3 is 5.97 Å². The molecule has 0 radical (unpaired) electrons. The fourth-order valence-corrected chi connectivity index (χ4v) is 4.47. The van der Waals surface area contributed by atoms with E-state index in [4.69, 9.17) is 9.84 Å². The van der Waals surface area contributed by atoms with E-state index in [9.17, 15) is 14.4 Å². The number of fused-ring (bicyclic) bond motifs is 1. The maximum atomic E-state index is 13.6. The minimum Gasteiger partial charge on any atom is -0.497 e. The number of carboxylic acid groups (broad SMARTS) is 1. The summed E-state index contributed by atoms with van der Waals surface area (Å²) in [5, 5.41) is 9.55. The van der Waals surface area contributed by atoms with E-state index in [0.717, 1.165) is 29.3 Å². The number of hydrogen-bond acceptors (Lipinski definition) is 4. The largest absolute Gasteiger partial charge is 0.497 e. The van der Waals surface area contributed by atoms with Gasteiger partial charge in [-0.2, -0.15) is 0 Å². The lowest BCUT2D eigenvalue weighted by Gasteiger charge is -2.25. The molecule has 0 atom stereocenters. The Kier molecular flexibility index (Phi) is 12.8. The number of carbonyl (C=O) groups excluding carboxylic acids is 2. The van der Waals surface area contributed by atoms with E-state index in [2.05, 4.69) is 27.7 Å². The summed E-state index contributed by atoms with van der Waals surface area (Å²) in [5.74, 6) is 0.749. The molecule has 41 heavy (non-hydrogen) atoms. The van der Waals surface area contributed by atoms with Crippen LogP contribution in [0.3, 0.4) is 0 Å². The van der Waals surface area contributed by atoms with Crippen LogP contribution in [0.1, 0.15) is 82.3 Å². The van der Waals surface area contributed by atoms with Crippen LogP contribution in [-0.2, 0) is 16.1 Å². The van der Waals surface area contributed by atoms with Gasteiger partial charge in [0.05, 0.1) is 12.6 Å². The number of nitrogens with zero attached hydrogens (tertiary/aromatic N) is 2. The zero-order valence-corrected chi connectivity index (χ0v) is 24.4. The number of ether oxygens (including phenoxy) is 1. The molecule has 0 saturated heterocycles. The maximum Gasteiger partial charge on any atom is 0.303 e. The van der Waals surface area contributed by atoms with Crippen LogP contribution in [-0.4, -0.2) is 52.4 Å². The van der Waals surface area contributed by atoms with Crippen molar-refractivity contribution >= 4 is 34.6 Å². The summed E-state index contributed by atoms with van der Waals surface area (Å²) in [4.78, 5) is 39.8. The molecule has 0 aliphatic heterocycles. The number of methoxy groups -OCH3 is 1. The number of amides is 1. The van der Waals surface area contributed by atoms with Crippen molar-refractivity contribution in [3.8, 4) is 5.75 Å². The van der Waals surface area contributed by atoms with E-state index in [1.807, 2.05) is 52.0 Å². The van der Waals surface area contributed by atoms with Gasteiger partial charge in [0, 0.05) is 48.3 Å². The first-order valence-corrected chi connectivity index (χ1v) is 14.1. The Morgan fingerprint density at radius 2 is 1.61 bits per heavy atom. The number of carboxylic acids is 1. The topological polar surface area (TPSA) is 88.8 Å². The highest BCUT2D eigenvalue weighted by molar-refractivity contribution is 6.16. The van der Waals surface area contributed by atoms with Crippen molar-refractivity contribution in [1.82, 2.24) is 9.47 Å². The molecule has 0 saturated carbocycles. The van der Waals surface area contributed by atoms with Gasteiger partial charge in [-0.25, -0.2) is 0 Å². The Hall–Kier alpha value is -3.87. The molecular formula is C34H46N2O5. The number of benzene rings is 2. The molecule has 1 N–H and O–H groups in total. The molecule has 0 unspecified atom stereocenters. The molecule has 0 aliphatic carbocycles. The summed E-state index contributed by atoms with van der Waals surface area (Å²) >= 11 is 0. The summed E-state index contributed by atoms with van der Waals surface area (Å²) in [6, 6.07) is 12.8. The van der Waals surface area contributed by atoms with Gasteiger partial charge in [-0.05, 0) is 48.8 Å². The molecule has 0 spiro atoms. The van der Waals surface area contributed by atoms with Crippen LogP contribution in [0.4, 0.5) is 0 Å². The van der Waals surface area contributed by atoms with E-state index in [-0.39, 0.29) is 32.1 Å². The van der Waals surface area contributed by atoms with Crippen molar-refractivity contribution in [2.45, 2.75) is 67.3 Å². The molecule has 1 heterocycles. The standard InChI is InChI=1S/C33H42N2O5.CH4/c1-23(2)16-18-34(19-17-24(3)4)31(36)22-35-21-29(28-15-14-27(40-5)20-30(28)35)33(39)26-12-10-25(11-13-26)8-6-7-9-32(37)38;/h6,8,10-15,20-21,23-24H,7,9,16-19,22H2,1-5H3,(H,37,38);1H4/b8-6+;. The molecule has 1 amide bonds. The predicted molar refractivity (Wildman–Crippen MR) is 166 cm³/mol. The molecular weight excluding hydrogens is 516 g/mol. The Balaban J connectivity index is 0.00000588. The zero-order chi connectivity index (χ0) is 29.2. The van der Waals surface area contributed by atoms with Crippen molar-refractivity contribution in [2.24, 2.45) is 11.8 Å². The molecule has 1 aromatic heterocycles. The molecule has 7 heteroatoms. The van der Waals surface area contributed by atoms with Crippen molar-refractivity contribution in [2.75, 3.05) is 20.2 Å². The highest BCUT2D eigenvalue weighted by Gasteiger charge is 2.21. The van der Waals surface area contributed by atoms with Crippen LogP contribution in [0.15, 0.2) is 54.7 Å². The summed E-state index contributed by atoms with van der Waals surface area (Å²) in [6.07, 6.45) is 7.87. The lowest BCUT2D eigenvalue weighted by Crippen LogP contribution is -2.36. The summed E-state index contributed by atoms with van der Waals surface area (Å²) < 4.78 is 7.31. The van der Waals surface area contributed by atoms with Gasteiger partial charge in [0.1, 0.15) is 12.3 Å². The van der Waals surface area contributed by atoms with Gasteiger partial charge in [-0.1, -0.05) is 71.5 Å². The highest BCUT2D eigenvalue weighted by Crippen LogP contribution is 2.28. The third kappa shape index (κ3) is 9.62. The molecule has 0 bridgehead atoms. The predicted octanol–water partition coefficient (Wildman–Crippen LogP) is 7.32. The van der Waals surface area contributed by atoms with Gasteiger partial charge in [-0.15, -0.1) is 0 Å². The van der Waals surface area contributed by atoms with Crippen LogP contribution in [0.25, 0.3) is 17.0 Å². The first-order valence-electron chi connectivity index (χ1n) is 14.1. The van der Waals surface area contributed by atoms with E-state index in [0.29, 0.717) is 48.2 Å². The third-order valence-electron chi connectivity index (χ3n) is 6.95. The number of carbonyl (C=O) groups is 3. The number of allylic oxidation sites excluding steroid dienone is 1. The number of ketones is 1. The second-order valence-corrected chi connectivity index (χ2v) is 11.1. The Bertz CT molecular complexity index is 1320. The number of aliphatic carboxylic acids is 1. The van der Waals surface area contributed by atoms with Crippen LogP contribution >= 0.6 is 0 Å². The van der Waals surface area contributed by atoms with Crippen LogP contribution < -0.4 is 4.74 Å². The minimum atomic E-state index is -0.831. The maximum absolute atomic E-state index is 13.6. The number of aromatic nitrogens is 1. The molecule has 7 nitrogen and oxygen atoms in total. The minimum absolute atomic E-state index is 0. The fourth-order valence-electron chi connectivity index (χ4n) is 4.47. The highest BCUT2D eigenvalue weighted by atomic mass is 16.5. The Morgan fingerprint density at radius 1 is 0.976 bits per heavy atom. The third-order valence-corrected chi connectivity index (χ3v) is 6.95. The monoisotopic (exact) mass is 562 g/mol. The smallest absolute Gasteiger partial charge is 0.303 e. The molecule has 222 valence electrons. The second kappa shape index (κ2) is 15.8. The first-order chi connectivity index (χ1) is 19.1. The van der Waals surface area contributed by atoms with Gasteiger partial charge in [0.15, 0.2) is 5.78 Å². The number of hydrogen-bond donors (Lipinski definition) is 1. The van der Waals surface area contributed by atoms with E-state index >= 15 is 0 Å². The SMILES string of the molecule is C.COc1ccc2c(C(=O)c3ccc(/C=C/CCC(=O)O)cc3)cn(CC(=O)N(CCC(C)C)CCC(C)C)c2c1. The fraction of sp³-hybridized carbons (Fsp3) is 0.441. The first kappa shape index (κ1) is 33.3. The summed E-state index contributed by atoms with van der Waals surface area (Å²) in [5.41, 5.74) is 2.75. The molecule has 2 aromatic carbocycles. The van der Waals surface area contributed by atoms with Gasteiger partial charge in [0.25, 0.3) is 0 Å². The normalized spacial score (nSPS) is 11.3. The molecule has 0 fully saturated rings. The van der Waals surface area contributed by atoms with Gasteiger partial charge in [-0.3, -0.25) is 14.4 Å². The van der Waals surface area contributed by atoms with Crippen LogP contribution in [0.2, 0.25) is 0 Å². The average molecular weight is 563 g/mol. The van der Waals surface area contributed by atoms with E-state index in [1.165, 1.54) is 0 Å². The molecule has 3 rings (SSSR count). The van der Waals surface area contributed by atoms with Crippen molar-refractivity contribution < 1.29 is 24.2 Å². The van der Waals surface area contributed by atoms with E-state index in [1.54, 1.807) is 25.4 Å². The van der Waals surface area contributed by atoms with E-state index < -0.39 is 5.97 Å². The van der Waals surface area contributed by atoms with Crippen molar-refractivity contribution in [1.29, 1.82) is 0 Å². The number of rotatable bonds is 15. The van der Waals surface area contributed by atoms with Crippen molar-refractivity contribution in [3.63, 3.8) is 0 Å².